The highest BCUT2D eigenvalue weighted by atomic mass is 16.5. The van der Waals surface area contributed by atoms with Gasteiger partial charge in [-0.05, 0) is 42.8 Å². The maximum absolute atomic E-state index is 11.3. The Kier molecular flexibility index (Phi) is 4.50. The molecule has 2 rings (SSSR count). The van der Waals surface area contributed by atoms with Gasteiger partial charge in [0.15, 0.2) is 0 Å². The van der Waals surface area contributed by atoms with E-state index in [1.807, 2.05) is 37.3 Å². The number of aromatic nitrogens is 1. The van der Waals surface area contributed by atoms with Gasteiger partial charge < -0.3 is 10.1 Å². The lowest BCUT2D eigenvalue weighted by atomic mass is 10.2. The molecule has 0 aliphatic heterocycles. The van der Waals surface area contributed by atoms with Crippen LogP contribution in [0, 0.1) is 6.92 Å². The predicted octanol–water partition coefficient (Wildman–Crippen LogP) is 3.09. The quantitative estimate of drug-likeness (QED) is 0.848. The summed E-state index contributed by atoms with van der Waals surface area (Å²) in [5.41, 5.74) is 2.70. The van der Waals surface area contributed by atoms with Gasteiger partial charge >= 0.3 is 0 Å². The van der Waals surface area contributed by atoms with Gasteiger partial charge in [-0.25, -0.2) is 0 Å². The molecule has 0 unspecified atom stereocenters. The van der Waals surface area contributed by atoms with E-state index in [-0.39, 0.29) is 5.91 Å². The Balaban J connectivity index is 2.02. The molecule has 0 radical (unpaired) electrons. The number of nitrogens with one attached hydrogen (secondary N) is 1. The molecule has 0 aliphatic rings. The number of benzene rings is 1. The smallest absolute Gasteiger partial charge is 0.247 e. The number of hydrogen-bond acceptors (Lipinski definition) is 3. The largest absolute Gasteiger partial charge is 0.489 e. The monoisotopic (exact) mass is 268 g/mol. The van der Waals surface area contributed by atoms with Crippen LogP contribution in [0.3, 0.4) is 0 Å². The lowest BCUT2D eigenvalue weighted by molar-refractivity contribution is -0.111. The van der Waals surface area contributed by atoms with E-state index in [9.17, 15) is 4.79 Å². The standard InChI is InChI=1S/C16H16N2O2/c1-3-16(19)18-15-7-6-14(9-12(15)2)20-11-13-5-4-8-17-10-13/h3-10H,1,11H2,2H3,(H,18,19). The summed E-state index contributed by atoms with van der Waals surface area (Å²) in [6, 6.07) is 9.35. The second kappa shape index (κ2) is 6.52. The van der Waals surface area contributed by atoms with Crippen LogP contribution >= 0.6 is 0 Å². The normalized spacial score (nSPS) is 9.85. The van der Waals surface area contributed by atoms with Gasteiger partial charge in [0.1, 0.15) is 12.4 Å². The third-order valence-corrected chi connectivity index (χ3v) is 2.77. The summed E-state index contributed by atoms with van der Waals surface area (Å²) >= 11 is 0. The van der Waals surface area contributed by atoms with Crippen molar-refractivity contribution < 1.29 is 9.53 Å². The predicted molar refractivity (Wildman–Crippen MR) is 78.6 cm³/mol. The molecule has 0 fully saturated rings. The number of carbonyl (C=O) groups is 1. The second-order valence-electron chi connectivity index (χ2n) is 4.32. The van der Waals surface area contributed by atoms with Crippen molar-refractivity contribution in [2.24, 2.45) is 0 Å². The number of nitrogens with zero attached hydrogens (tertiary/aromatic N) is 1. The van der Waals surface area contributed by atoms with Crippen LogP contribution in [0.5, 0.6) is 5.75 Å². The molecule has 0 saturated carbocycles. The van der Waals surface area contributed by atoms with Crippen LogP contribution in [-0.2, 0) is 11.4 Å². The lowest BCUT2D eigenvalue weighted by Crippen LogP contribution is -2.08. The Bertz CT molecular complexity index is 609. The third-order valence-electron chi connectivity index (χ3n) is 2.77. The van der Waals surface area contributed by atoms with E-state index in [1.165, 1.54) is 6.08 Å². The van der Waals surface area contributed by atoms with Gasteiger partial charge in [0.05, 0.1) is 0 Å². The van der Waals surface area contributed by atoms with Crippen LogP contribution in [-0.4, -0.2) is 10.9 Å². The zero-order chi connectivity index (χ0) is 14.4. The third kappa shape index (κ3) is 3.68. The van der Waals surface area contributed by atoms with Crippen molar-refractivity contribution in [2.75, 3.05) is 5.32 Å². The number of rotatable bonds is 5. The van der Waals surface area contributed by atoms with Gasteiger partial charge in [0.25, 0.3) is 0 Å². The van der Waals surface area contributed by atoms with Crippen molar-refractivity contribution >= 4 is 11.6 Å². The highest BCUT2D eigenvalue weighted by Gasteiger charge is 2.03. The Morgan fingerprint density at radius 2 is 2.30 bits per heavy atom. The maximum Gasteiger partial charge on any atom is 0.247 e. The van der Waals surface area contributed by atoms with E-state index in [4.69, 9.17) is 4.74 Å². The fraction of sp³-hybridized carbons (Fsp3) is 0.125. The molecular formula is C16H16N2O2. The van der Waals surface area contributed by atoms with E-state index in [1.54, 1.807) is 12.4 Å². The van der Waals surface area contributed by atoms with Crippen LogP contribution in [0.1, 0.15) is 11.1 Å². The van der Waals surface area contributed by atoms with E-state index < -0.39 is 0 Å². The molecule has 1 amide bonds. The van der Waals surface area contributed by atoms with Gasteiger partial charge in [0.2, 0.25) is 5.91 Å². The summed E-state index contributed by atoms with van der Waals surface area (Å²) in [6.45, 7) is 5.80. The second-order valence-corrected chi connectivity index (χ2v) is 4.32. The average Bonchev–Trinajstić information content (AvgIpc) is 2.48. The molecule has 0 atom stereocenters. The molecule has 1 N–H and O–H groups in total. The highest BCUT2D eigenvalue weighted by molar-refractivity contribution is 5.99. The summed E-state index contributed by atoms with van der Waals surface area (Å²) in [7, 11) is 0. The zero-order valence-corrected chi connectivity index (χ0v) is 11.3. The minimum absolute atomic E-state index is 0.225. The highest BCUT2D eigenvalue weighted by Crippen LogP contribution is 2.22. The number of pyridine rings is 1. The number of ether oxygens (including phenoxy) is 1. The maximum atomic E-state index is 11.3. The van der Waals surface area contributed by atoms with Gasteiger partial charge in [-0.15, -0.1) is 0 Å². The summed E-state index contributed by atoms with van der Waals surface area (Å²) in [6.07, 6.45) is 4.74. The SMILES string of the molecule is C=CC(=O)Nc1ccc(OCc2cccnc2)cc1C. The number of anilines is 1. The summed E-state index contributed by atoms with van der Waals surface area (Å²) in [5, 5.41) is 2.74. The van der Waals surface area contributed by atoms with Gasteiger partial charge in [-0.2, -0.15) is 0 Å². The van der Waals surface area contributed by atoms with Gasteiger partial charge in [-0.1, -0.05) is 12.6 Å². The Morgan fingerprint density at radius 1 is 1.45 bits per heavy atom. The number of carbonyl (C=O) groups excluding carboxylic acids is 1. The summed E-state index contributed by atoms with van der Waals surface area (Å²) in [5.74, 6) is 0.528. The Labute approximate surface area is 118 Å². The number of hydrogen-bond donors (Lipinski definition) is 1. The summed E-state index contributed by atoms with van der Waals surface area (Å²) < 4.78 is 5.69. The number of amides is 1. The molecule has 0 bridgehead atoms. The van der Waals surface area contributed by atoms with Crippen LogP contribution in [0.25, 0.3) is 0 Å². The number of aryl methyl sites for hydroxylation is 1. The molecule has 1 aromatic heterocycles. The molecule has 2 aromatic rings. The minimum atomic E-state index is -0.225. The topological polar surface area (TPSA) is 51.2 Å². The van der Waals surface area contributed by atoms with Gasteiger partial charge in [0, 0.05) is 23.6 Å². The molecule has 1 aromatic carbocycles. The summed E-state index contributed by atoms with van der Waals surface area (Å²) in [4.78, 5) is 15.3. The van der Waals surface area contributed by atoms with Crippen LogP contribution in [0.15, 0.2) is 55.4 Å². The average molecular weight is 268 g/mol. The molecule has 4 nitrogen and oxygen atoms in total. The van der Waals surface area contributed by atoms with Crippen LogP contribution < -0.4 is 10.1 Å². The van der Waals surface area contributed by atoms with Crippen molar-refractivity contribution in [3.63, 3.8) is 0 Å². The van der Waals surface area contributed by atoms with Crippen molar-refractivity contribution in [1.82, 2.24) is 4.98 Å². The fourth-order valence-electron chi connectivity index (χ4n) is 1.70. The van der Waals surface area contributed by atoms with Gasteiger partial charge in [-0.3, -0.25) is 9.78 Å². The zero-order valence-electron chi connectivity index (χ0n) is 11.3. The molecular weight excluding hydrogens is 252 g/mol. The van der Waals surface area contributed by atoms with E-state index in [0.29, 0.717) is 6.61 Å². The lowest BCUT2D eigenvalue weighted by Gasteiger charge is -2.10. The van der Waals surface area contributed by atoms with Crippen molar-refractivity contribution in [3.8, 4) is 5.75 Å². The van der Waals surface area contributed by atoms with Crippen molar-refractivity contribution in [1.29, 1.82) is 0 Å². The molecule has 1 heterocycles. The molecule has 4 heteroatoms. The van der Waals surface area contributed by atoms with Crippen LogP contribution in [0.2, 0.25) is 0 Å². The molecule has 0 spiro atoms. The molecule has 20 heavy (non-hydrogen) atoms. The minimum Gasteiger partial charge on any atom is -0.489 e. The Morgan fingerprint density at radius 3 is 2.95 bits per heavy atom. The molecule has 0 aliphatic carbocycles. The molecule has 0 saturated heterocycles. The molecule has 102 valence electrons. The van der Waals surface area contributed by atoms with E-state index in [0.717, 1.165) is 22.6 Å². The van der Waals surface area contributed by atoms with E-state index in [2.05, 4.69) is 16.9 Å². The first kappa shape index (κ1) is 13.8. The first-order valence-electron chi connectivity index (χ1n) is 6.25. The van der Waals surface area contributed by atoms with Crippen molar-refractivity contribution in [3.05, 3.63) is 66.5 Å². The van der Waals surface area contributed by atoms with Crippen LogP contribution in [0.4, 0.5) is 5.69 Å². The first-order chi connectivity index (χ1) is 9.69. The van der Waals surface area contributed by atoms with Crippen molar-refractivity contribution in [2.45, 2.75) is 13.5 Å². The van der Waals surface area contributed by atoms with E-state index >= 15 is 0 Å². The fourth-order valence-corrected chi connectivity index (χ4v) is 1.70. The first-order valence-corrected chi connectivity index (χ1v) is 6.25. The Hall–Kier alpha value is -2.62.